The molecule has 8 aromatic carbocycles. The summed E-state index contributed by atoms with van der Waals surface area (Å²) in [7, 11) is 0. The summed E-state index contributed by atoms with van der Waals surface area (Å²) in [6.45, 7) is 4.99. The van der Waals surface area contributed by atoms with Crippen molar-refractivity contribution in [1.82, 2.24) is 9.13 Å². The second-order valence-electron chi connectivity index (χ2n) is 17.1. The lowest BCUT2D eigenvalue weighted by Crippen LogP contribution is -2.44. The monoisotopic (exact) mass is 740 g/mol. The summed E-state index contributed by atoms with van der Waals surface area (Å²) in [5, 5.41) is 7.69. The summed E-state index contributed by atoms with van der Waals surface area (Å²) >= 11 is 0. The quantitative estimate of drug-likeness (QED) is 0.167. The highest BCUT2D eigenvalue weighted by Gasteiger charge is 2.54. The molecule has 1 spiro atoms. The fraction of sp³-hybridized carbons (Fsp3) is 0.107. The first-order valence-electron chi connectivity index (χ1n) is 20.7. The van der Waals surface area contributed by atoms with E-state index in [-0.39, 0.29) is 5.41 Å². The smallest absolute Gasteiger partial charge is 0.0745 e. The zero-order valence-corrected chi connectivity index (χ0v) is 32.6. The van der Waals surface area contributed by atoms with E-state index in [0.29, 0.717) is 0 Å². The van der Waals surface area contributed by atoms with Crippen LogP contribution in [0.25, 0.3) is 76.9 Å². The molecule has 0 radical (unpaired) electrons. The maximum Gasteiger partial charge on any atom is 0.0745 e. The maximum absolute atomic E-state index is 2.55. The van der Waals surface area contributed by atoms with Gasteiger partial charge in [-0.25, -0.2) is 0 Å². The Morgan fingerprint density at radius 1 is 0.500 bits per heavy atom. The lowest BCUT2D eigenvalue weighted by molar-refractivity contribution is 0.521. The van der Waals surface area contributed by atoms with Crippen LogP contribution in [-0.4, -0.2) is 9.13 Å². The molecule has 0 N–H and O–H groups in total. The molecule has 2 aliphatic carbocycles. The lowest BCUT2D eigenvalue weighted by Gasteiger charge is -2.52. The number of nitrogens with zero attached hydrogens (tertiary/aromatic N) is 2. The van der Waals surface area contributed by atoms with E-state index in [1.54, 1.807) is 5.57 Å². The van der Waals surface area contributed by atoms with Gasteiger partial charge in [-0.1, -0.05) is 159 Å². The Morgan fingerprint density at radius 2 is 1.17 bits per heavy atom. The average Bonchev–Trinajstić information content (AvgIpc) is 3.80. The second-order valence-corrected chi connectivity index (χ2v) is 17.1. The van der Waals surface area contributed by atoms with Crippen molar-refractivity contribution in [2.75, 3.05) is 0 Å². The van der Waals surface area contributed by atoms with Gasteiger partial charge in [0.15, 0.2) is 0 Å². The van der Waals surface area contributed by atoms with Crippen molar-refractivity contribution >= 4 is 54.4 Å². The zero-order chi connectivity index (χ0) is 38.3. The van der Waals surface area contributed by atoms with Gasteiger partial charge >= 0.3 is 0 Å². The summed E-state index contributed by atoms with van der Waals surface area (Å²) in [6, 6.07) is 64.1. The van der Waals surface area contributed by atoms with Gasteiger partial charge in [0, 0.05) is 32.6 Å². The second kappa shape index (κ2) is 11.4. The fourth-order valence-electron chi connectivity index (χ4n) is 11.8. The molecule has 0 amide bonds. The van der Waals surface area contributed by atoms with Gasteiger partial charge in [0.2, 0.25) is 0 Å². The standard InChI is InChI=1S/C56H40N2/c1-55(2)44-21-7-8-22-45(44)56(46-23-9-12-28-52(46)58-50-27-11-5-17-40(50)42-20-14-25-48(56)54(42)58)47-24-13-19-39(53(47)55)37-30-32-51-43(34-37)41-18-6-10-26-49(41)57(51)38-31-29-35-15-3-4-16-36(35)33-38/h3-6,8-20,22-34H,7,21H2,1-2H3. The Bertz CT molecular complexity index is 3490. The largest absolute Gasteiger partial charge is 0.309 e. The van der Waals surface area contributed by atoms with E-state index in [1.165, 1.54) is 105 Å². The van der Waals surface area contributed by atoms with Crippen molar-refractivity contribution in [2.45, 2.75) is 37.5 Å². The number of hydrogen-bond acceptors (Lipinski definition) is 0. The minimum Gasteiger partial charge on any atom is -0.309 e. The van der Waals surface area contributed by atoms with Gasteiger partial charge < -0.3 is 9.13 Å². The van der Waals surface area contributed by atoms with Crippen LogP contribution in [0.5, 0.6) is 0 Å². The highest BCUT2D eigenvalue weighted by Crippen LogP contribution is 2.63. The molecular weight excluding hydrogens is 701 g/mol. The number of rotatable bonds is 2. The average molecular weight is 741 g/mol. The van der Waals surface area contributed by atoms with Crippen LogP contribution in [0.4, 0.5) is 0 Å². The van der Waals surface area contributed by atoms with Gasteiger partial charge in [0.1, 0.15) is 0 Å². The van der Waals surface area contributed by atoms with Crippen LogP contribution in [0.2, 0.25) is 0 Å². The first-order valence-corrected chi connectivity index (χ1v) is 20.7. The normalized spacial score (nSPS) is 17.8. The van der Waals surface area contributed by atoms with Crippen LogP contribution in [0.1, 0.15) is 48.9 Å². The van der Waals surface area contributed by atoms with Crippen molar-refractivity contribution < 1.29 is 0 Å². The van der Waals surface area contributed by atoms with Crippen LogP contribution in [-0.2, 0) is 10.8 Å². The van der Waals surface area contributed by atoms with Gasteiger partial charge in [-0.3, -0.25) is 0 Å². The van der Waals surface area contributed by atoms with Crippen LogP contribution < -0.4 is 0 Å². The lowest BCUT2D eigenvalue weighted by atomic mass is 9.51. The molecule has 2 nitrogen and oxygen atoms in total. The predicted octanol–water partition coefficient (Wildman–Crippen LogP) is 14.3. The molecule has 1 atom stereocenters. The fourth-order valence-corrected chi connectivity index (χ4v) is 11.8. The molecule has 10 aromatic rings. The molecule has 13 rings (SSSR count). The van der Waals surface area contributed by atoms with E-state index in [0.717, 1.165) is 12.8 Å². The molecular formula is C56H40N2. The molecule has 58 heavy (non-hydrogen) atoms. The zero-order valence-electron chi connectivity index (χ0n) is 32.6. The molecule has 2 aromatic heterocycles. The SMILES string of the molecule is CC1(C)C2=C(C=CCC2)C2(c3ccccc3-n3c4ccccc4c4cccc2c43)c2cccc(-c3ccc4c(c3)c3ccccc3n4-c3ccc4ccccc4c3)c21. The van der Waals surface area contributed by atoms with Crippen molar-refractivity contribution in [3.8, 4) is 22.5 Å². The molecule has 1 unspecified atom stereocenters. The van der Waals surface area contributed by atoms with Crippen molar-refractivity contribution in [3.05, 3.63) is 215 Å². The third-order valence-corrected chi connectivity index (χ3v) is 14.0. The summed E-state index contributed by atoms with van der Waals surface area (Å²) < 4.78 is 5.00. The molecule has 0 fully saturated rings. The summed E-state index contributed by atoms with van der Waals surface area (Å²) in [5.74, 6) is 0. The summed E-state index contributed by atoms with van der Waals surface area (Å²) in [5.41, 5.74) is 18.0. The predicted molar refractivity (Wildman–Crippen MR) is 243 cm³/mol. The molecule has 3 aliphatic rings. The van der Waals surface area contributed by atoms with Crippen LogP contribution >= 0.6 is 0 Å². The number of aromatic nitrogens is 2. The summed E-state index contributed by atoms with van der Waals surface area (Å²) in [6.07, 6.45) is 7.03. The van der Waals surface area contributed by atoms with Gasteiger partial charge in [-0.15, -0.1) is 0 Å². The molecule has 2 heteroatoms. The topological polar surface area (TPSA) is 9.86 Å². The van der Waals surface area contributed by atoms with Gasteiger partial charge in [-0.2, -0.15) is 0 Å². The minimum atomic E-state index is -0.482. The number of para-hydroxylation sites is 4. The van der Waals surface area contributed by atoms with Gasteiger partial charge in [0.25, 0.3) is 0 Å². The van der Waals surface area contributed by atoms with E-state index in [4.69, 9.17) is 0 Å². The Hall–Kier alpha value is -6.90. The molecule has 0 bridgehead atoms. The summed E-state index contributed by atoms with van der Waals surface area (Å²) in [4.78, 5) is 0. The Kier molecular flexibility index (Phi) is 6.31. The highest BCUT2D eigenvalue weighted by molar-refractivity contribution is 6.13. The third-order valence-electron chi connectivity index (χ3n) is 14.0. The molecule has 3 heterocycles. The van der Waals surface area contributed by atoms with Crippen molar-refractivity contribution in [1.29, 1.82) is 0 Å². The molecule has 274 valence electrons. The maximum atomic E-state index is 2.55. The molecule has 1 aliphatic heterocycles. The van der Waals surface area contributed by atoms with Gasteiger partial charge in [0.05, 0.1) is 33.2 Å². The van der Waals surface area contributed by atoms with Crippen LogP contribution in [0.3, 0.4) is 0 Å². The van der Waals surface area contributed by atoms with E-state index >= 15 is 0 Å². The highest BCUT2D eigenvalue weighted by atomic mass is 15.0. The first-order chi connectivity index (χ1) is 28.5. The van der Waals surface area contributed by atoms with Crippen LogP contribution in [0.15, 0.2) is 193 Å². The van der Waals surface area contributed by atoms with Crippen molar-refractivity contribution in [3.63, 3.8) is 0 Å². The molecule has 0 saturated heterocycles. The third kappa shape index (κ3) is 3.93. The van der Waals surface area contributed by atoms with E-state index < -0.39 is 5.41 Å². The number of fused-ring (bicyclic) bond motifs is 14. The van der Waals surface area contributed by atoms with E-state index in [1.807, 2.05) is 0 Å². The Labute approximate surface area is 337 Å². The minimum absolute atomic E-state index is 0.196. The number of hydrogen-bond donors (Lipinski definition) is 0. The Morgan fingerprint density at radius 3 is 2.05 bits per heavy atom. The number of benzene rings is 8. The number of allylic oxidation sites excluding steroid dienone is 4. The van der Waals surface area contributed by atoms with E-state index in [2.05, 4.69) is 205 Å². The van der Waals surface area contributed by atoms with Crippen LogP contribution in [0, 0.1) is 0 Å². The molecule has 0 saturated carbocycles. The Balaban J connectivity index is 1.12. The van der Waals surface area contributed by atoms with E-state index in [9.17, 15) is 0 Å². The van der Waals surface area contributed by atoms with Crippen molar-refractivity contribution in [2.24, 2.45) is 0 Å². The first kappa shape index (κ1) is 32.2. The van der Waals surface area contributed by atoms with Gasteiger partial charge in [-0.05, 0) is 105 Å².